The van der Waals surface area contributed by atoms with Gasteiger partial charge in [-0.15, -0.1) is 0 Å². The number of hydrogen-bond donors (Lipinski definition) is 2. The molecule has 0 heterocycles. The molecule has 2 N–H and O–H groups in total. The van der Waals surface area contributed by atoms with Gasteiger partial charge in [0.2, 0.25) is 0 Å². The maximum Gasteiger partial charge on any atom is 0.271 e. The van der Waals surface area contributed by atoms with E-state index in [1.54, 1.807) is 54.6 Å². The lowest BCUT2D eigenvalue weighted by Crippen LogP contribution is -2.20. The van der Waals surface area contributed by atoms with Crippen molar-refractivity contribution < 1.29 is 14.3 Å². The predicted molar refractivity (Wildman–Crippen MR) is 119 cm³/mol. The molecule has 0 aliphatic heterocycles. The molecular weight excluding hydrogens is 425 g/mol. The minimum atomic E-state index is -0.389. The Kier molecular flexibility index (Phi) is 7.43. The number of ether oxygens (including phenoxy) is 1. The molecule has 3 aromatic carbocycles. The number of carbonyl (C=O) groups excluding carboxylic acids is 2. The van der Waals surface area contributed by atoms with Crippen molar-refractivity contribution in [2.45, 2.75) is 0 Å². The van der Waals surface area contributed by atoms with Crippen molar-refractivity contribution >= 4 is 46.9 Å². The highest BCUT2D eigenvalue weighted by molar-refractivity contribution is 6.42. The summed E-state index contributed by atoms with van der Waals surface area (Å²) >= 11 is 11.8. The van der Waals surface area contributed by atoms with E-state index in [1.165, 1.54) is 6.21 Å². The van der Waals surface area contributed by atoms with Crippen molar-refractivity contribution in [2.24, 2.45) is 5.10 Å². The molecule has 6 nitrogen and oxygen atoms in total. The van der Waals surface area contributed by atoms with Crippen LogP contribution in [-0.4, -0.2) is 24.6 Å². The van der Waals surface area contributed by atoms with Crippen molar-refractivity contribution in [3.8, 4) is 5.75 Å². The lowest BCUT2D eigenvalue weighted by molar-refractivity contribution is -0.118. The van der Waals surface area contributed by atoms with E-state index in [9.17, 15) is 9.59 Å². The maximum absolute atomic E-state index is 12.2. The molecule has 8 heteroatoms. The van der Waals surface area contributed by atoms with Crippen molar-refractivity contribution in [1.29, 1.82) is 0 Å². The highest BCUT2D eigenvalue weighted by atomic mass is 35.5. The topological polar surface area (TPSA) is 79.8 Å². The Morgan fingerprint density at radius 1 is 0.933 bits per heavy atom. The minimum Gasteiger partial charge on any atom is -0.484 e. The molecule has 3 rings (SSSR count). The smallest absolute Gasteiger partial charge is 0.271 e. The Balaban J connectivity index is 1.48. The second-order valence-corrected chi connectivity index (χ2v) is 6.91. The Morgan fingerprint density at radius 2 is 1.67 bits per heavy atom. The molecule has 0 saturated carbocycles. The predicted octanol–water partition coefficient (Wildman–Crippen LogP) is 4.77. The number of hydrogen-bond acceptors (Lipinski definition) is 4. The molecule has 30 heavy (non-hydrogen) atoms. The number of hydrazone groups is 1. The molecule has 0 bridgehead atoms. The molecule has 2 amide bonds. The van der Waals surface area contributed by atoms with Gasteiger partial charge in [-0.2, -0.15) is 5.10 Å². The molecule has 0 aliphatic rings. The first-order chi connectivity index (χ1) is 14.5. The minimum absolute atomic E-state index is 0.144. The van der Waals surface area contributed by atoms with Crippen molar-refractivity contribution in [2.75, 3.05) is 11.9 Å². The summed E-state index contributed by atoms with van der Waals surface area (Å²) < 4.78 is 5.44. The third kappa shape index (κ3) is 6.34. The Hall–Kier alpha value is -3.35. The standard InChI is InChI=1S/C22H17Cl2N3O3/c23-19-11-6-15(12-20(19)24)13-25-27-22(29)16-7-9-18(10-8-16)30-14-21(28)26-17-4-2-1-3-5-17/h1-13H,14H2,(H,26,28)(H,27,29). The molecule has 0 fully saturated rings. The first kappa shape index (κ1) is 21.4. The van der Waals surface area contributed by atoms with E-state index >= 15 is 0 Å². The van der Waals surface area contributed by atoms with E-state index in [4.69, 9.17) is 27.9 Å². The Morgan fingerprint density at radius 3 is 2.37 bits per heavy atom. The summed E-state index contributed by atoms with van der Waals surface area (Å²) in [7, 11) is 0. The third-order valence-corrected chi connectivity index (χ3v) is 4.61. The Bertz CT molecular complexity index is 1050. The normalized spacial score (nSPS) is 10.6. The maximum atomic E-state index is 12.2. The second-order valence-electron chi connectivity index (χ2n) is 6.10. The van der Waals surface area contributed by atoms with Crippen molar-refractivity contribution in [3.05, 3.63) is 94.0 Å². The Labute approximate surface area is 183 Å². The highest BCUT2D eigenvalue weighted by Gasteiger charge is 2.07. The summed E-state index contributed by atoms with van der Waals surface area (Å²) in [4.78, 5) is 24.1. The first-order valence-electron chi connectivity index (χ1n) is 8.87. The monoisotopic (exact) mass is 441 g/mol. The van der Waals surface area contributed by atoms with Crippen LogP contribution in [0.1, 0.15) is 15.9 Å². The largest absolute Gasteiger partial charge is 0.484 e. The number of anilines is 1. The summed E-state index contributed by atoms with van der Waals surface area (Å²) in [5, 5.41) is 7.47. The van der Waals surface area contributed by atoms with E-state index in [-0.39, 0.29) is 18.4 Å². The van der Waals surface area contributed by atoms with Gasteiger partial charge >= 0.3 is 0 Å². The number of nitrogens with zero attached hydrogens (tertiary/aromatic N) is 1. The summed E-state index contributed by atoms with van der Waals surface area (Å²) in [5.41, 5.74) is 4.21. The van der Waals surface area contributed by atoms with Crippen LogP contribution in [0.5, 0.6) is 5.75 Å². The summed E-state index contributed by atoms with van der Waals surface area (Å²) in [6.07, 6.45) is 1.46. The van der Waals surface area contributed by atoms with E-state index in [0.717, 1.165) is 0 Å². The van der Waals surface area contributed by atoms with Crippen LogP contribution < -0.4 is 15.5 Å². The molecule has 0 aromatic heterocycles. The van der Waals surface area contributed by atoms with Crippen LogP contribution in [0.4, 0.5) is 5.69 Å². The molecule has 0 unspecified atom stereocenters. The zero-order valence-electron chi connectivity index (χ0n) is 15.6. The van der Waals surface area contributed by atoms with Crippen molar-refractivity contribution in [1.82, 2.24) is 5.43 Å². The highest BCUT2D eigenvalue weighted by Crippen LogP contribution is 2.21. The van der Waals surface area contributed by atoms with Crippen LogP contribution in [0, 0.1) is 0 Å². The van der Waals surface area contributed by atoms with Gasteiger partial charge < -0.3 is 10.1 Å². The third-order valence-electron chi connectivity index (χ3n) is 3.87. The second kappa shape index (κ2) is 10.4. The number of carbonyl (C=O) groups is 2. The number of halogens is 2. The van der Waals surface area contributed by atoms with Crippen LogP contribution in [0.3, 0.4) is 0 Å². The van der Waals surface area contributed by atoms with Crippen LogP contribution in [0.2, 0.25) is 10.0 Å². The number of amides is 2. The molecule has 0 atom stereocenters. The van der Waals surface area contributed by atoms with Gasteiger partial charge in [-0.05, 0) is 54.1 Å². The van der Waals surface area contributed by atoms with Crippen LogP contribution >= 0.6 is 23.2 Å². The lowest BCUT2D eigenvalue weighted by atomic mass is 10.2. The summed E-state index contributed by atoms with van der Waals surface area (Å²) in [6, 6.07) is 20.5. The molecule has 0 spiro atoms. The van der Waals surface area contributed by atoms with Gasteiger partial charge in [0.15, 0.2) is 6.61 Å². The van der Waals surface area contributed by atoms with Crippen LogP contribution in [0.15, 0.2) is 77.9 Å². The van der Waals surface area contributed by atoms with Gasteiger partial charge in [0.05, 0.1) is 16.3 Å². The van der Waals surface area contributed by atoms with Crippen LogP contribution in [-0.2, 0) is 4.79 Å². The summed E-state index contributed by atoms with van der Waals surface area (Å²) in [6.45, 7) is -0.144. The van der Waals surface area contributed by atoms with E-state index in [2.05, 4.69) is 15.8 Å². The van der Waals surface area contributed by atoms with E-state index < -0.39 is 0 Å². The fraction of sp³-hybridized carbons (Fsp3) is 0.0455. The zero-order chi connectivity index (χ0) is 21.3. The van der Waals surface area contributed by atoms with Crippen molar-refractivity contribution in [3.63, 3.8) is 0 Å². The lowest BCUT2D eigenvalue weighted by Gasteiger charge is -2.08. The SMILES string of the molecule is O=C(COc1ccc(C(=O)NN=Cc2ccc(Cl)c(Cl)c2)cc1)Nc1ccccc1. The summed E-state index contributed by atoms with van der Waals surface area (Å²) in [5.74, 6) is -0.201. The zero-order valence-corrected chi connectivity index (χ0v) is 17.2. The van der Waals surface area contributed by atoms with Gasteiger partial charge in [0.25, 0.3) is 11.8 Å². The van der Waals surface area contributed by atoms with Gasteiger partial charge in [-0.25, -0.2) is 5.43 Å². The fourth-order valence-electron chi connectivity index (χ4n) is 2.39. The van der Waals surface area contributed by atoms with E-state index in [0.29, 0.717) is 32.6 Å². The first-order valence-corrected chi connectivity index (χ1v) is 9.63. The number of nitrogens with one attached hydrogen (secondary N) is 2. The van der Waals surface area contributed by atoms with Gasteiger partial charge in [0, 0.05) is 11.3 Å². The molecule has 3 aromatic rings. The molecule has 0 aliphatic carbocycles. The van der Waals surface area contributed by atoms with Gasteiger partial charge in [-0.3, -0.25) is 9.59 Å². The average Bonchev–Trinajstić information content (AvgIpc) is 2.76. The van der Waals surface area contributed by atoms with Gasteiger partial charge in [0.1, 0.15) is 5.75 Å². The molecule has 152 valence electrons. The number of rotatable bonds is 7. The number of benzene rings is 3. The number of para-hydroxylation sites is 1. The average molecular weight is 442 g/mol. The quantitative estimate of drug-likeness (QED) is 0.409. The fourth-order valence-corrected chi connectivity index (χ4v) is 2.70. The van der Waals surface area contributed by atoms with Gasteiger partial charge in [-0.1, -0.05) is 47.5 Å². The molecule has 0 saturated heterocycles. The molecular formula is C22H17Cl2N3O3. The van der Waals surface area contributed by atoms with Crippen LogP contribution in [0.25, 0.3) is 0 Å². The van der Waals surface area contributed by atoms with E-state index in [1.807, 2.05) is 18.2 Å². The molecule has 0 radical (unpaired) electrons.